The minimum absolute atomic E-state index is 0.00150. The minimum Gasteiger partial charge on any atom is -0.497 e. The largest absolute Gasteiger partial charge is 0.497 e. The van der Waals surface area contributed by atoms with Gasteiger partial charge in [0.2, 0.25) is 0 Å². The maximum atomic E-state index is 13.8. The molecule has 0 bridgehead atoms. The highest BCUT2D eigenvalue weighted by Crippen LogP contribution is 2.37. The maximum Gasteiger partial charge on any atom is 0.410 e. The Morgan fingerprint density at radius 3 is 2.51 bits per heavy atom. The topological polar surface area (TPSA) is 138 Å². The Bertz CT molecular complexity index is 1790. The van der Waals surface area contributed by atoms with Gasteiger partial charge >= 0.3 is 6.09 Å². The van der Waals surface area contributed by atoms with E-state index in [9.17, 15) is 13.6 Å². The van der Waals surface area contributed by atoms with Crippen molar-refractivity contribution < 1.29 is 32.5 Å². The highest BCUT2D eigenvalue weighted by molar-refractivity contribution is 5.72. The Balaban J connectivity index is 1.19. The fourth-order valence-corrected chi connectivity index (χ4v) is 5.34. The van der Waals surface area contributed by atoms with Crippen LogP contribution in [0.4, 0.5) is 31.0 Å². The number of pyridine rings is 1. The lowest BCUT2D eigenvalue weighted by atomic mass is 10.1. The average molecular weight is 679 g/mol. The fourth-order valence-electron chi connectivity index (χ4n) is 5.34. The highest BCUT2D eigenvalue weighted by atomic mass is 19.3. The van der Waals surface area contributed by atoms with Gasteiger partial charge in [-0.3, -0.25) is 4.68 Å². The van der Waals surface area contributed by atoms with Crippen molar-refractivity contribution in [2.24, 2.45) is 0 Å². The van der Waals surface area contributed by atoms with Crippen LogP contribution in [0.3, 0.4) is 0 Å². The van der Waals surface area contributed by atoms with Crippen molar-refractivity contribution in [3.8, 4) is 28.4 Å². The summed E-state index contributed by atoms with van der Waals surface area (Å²) in [6.07, 6.45) is 4.79. The molecule has 1 aliphatic heterocycles. The van der Waals surface area contributed by atoms with E-state index in [0.717, 1.165) is 36.0 Å². The van der Waals surface area contributed by atoms with E-state index >= 15 is 0 Å². The molecule has 6 rings (SSSR count). The molecule has 1 aromatic carbocycles. The second kappa shape index (κ2) is 14.1. The molecule has 15 heteroatoms. The standard InChI is InChI=1S/C34H40F2N8O5/c1-34(2,3)49-33(45)43-11-10-22(19-43)44-18-21(16-39-44)25-17-38-28(13-27(25)48-23-8-9-23)40-30-14-29(41-32(42-30)31(35)36)37-15-20-6-7-24(46-4)12-26(20)47-5/h6-7,12-14,16-18,22-23,31H,8-11,15,19H2,1-5H3,(H2,37,38,40,41,42)/t22-/m1/s1. The van der Waals surface area contributed by atoms with Gasteiger partial charge in [0.25, 0.3) is 6.43 Å². The summed E-state index contributed by atoms with van der Waals surface area (Å²) in [7, 11) is 3.11. The number of nitrogens with zero attached hydrogens (tertiary/aromatic N) is 6. The SMILES string of the molecule is COc1ccc(CNc2cc(Nc3cc(OC4CC4)c(-c4cnn([C@@H]5CCN(C(=O)OC(C)(C)C)C5)c4)cn3)nc(C(F)F)n2)c(OC)c1. The molecule has 4 aromatic rings. The Kier molecular flexibility index (Phi) is 9.69. The van der Waals surface area contributed by atoms with Gasteiger partial charge < -0.3 is 34.5 Å². The predicted molar refractivity (Wildman–Crippen MR) is 178 cm³/mol. The van der Waals surface area contributed by atoms with Crippen molar-refractivity contribution >= 4 is 23.5 Å². The van der Waals surface area contributed by atoms with Gasteiger partial charge in [-0.2, -0.15) is 5.10 Å². The van der Waals surface area contributed by atoms with Crippen LogP contribution in [0.15, 0.2) is 48.9 Å². The molecule has 260 valence electrons. The minimum atomic E-state index is -2.89. The van der Waals surface area contributed by atoms with Crippen molar-refractivity contribution in [3.63, 3.8) is 0 Å². The summed E-state index contributed by atoms with van der Waals surface area (Å²) in [5.74, 6) is 1.85. The number of halogens is 2. The van der Waals surface area contributed by atoms with Crippen LogP contribution >= 0.6 is 0 Å². The van der Waals surface area contributed by atoms with Gasteiger partial charge in [-0.1, -0.05) is 0 Å². The lowest BCUT2D eigenvalue weighted by Crippen LogP contribution is -2.35. The molecule has 3 aromatic heterocycles. The molecular formula is C34H40F2N8O5. The van der Waals surface area contributed by atoms with Crippen molar-refractivity contribution in [2.45, 2.75) is 70.8 Å². The second-order valence-electron chi connectivity index (χ2n) is 12.9. The van der Waals surface area contributed by atoms with E-state index in [4.69, 9.17) is 18.9 Å². The van der Waals surface area contributed by atoms with Crippen LogP contribution in [-0.4, -0.2) is 74.7 Å². The van der Waals surface area contributed by atoms with E-state index in [1.807, 2.05) is 37.7 Å². The van der Waals surface area contributed by atoms with Crippen LogP contribution in [0.1, 0.15) is 63.9 Å². The number of likely N-dealkylation sites (tertiary alicyclic amines) is 1. The molecule has 1 amide bonds. The Morgan fingerprint density at radius 2 is 1.80 bits per heavy atom. The first-order chi connectivity index (χ1) is 23.5. The first kappa shape index (κ1) is 33.7. The smallest absolute Gasteiger partial charge is 0.410 e. The number of methoxy groups -OCH3 is 2. The number of ether oxygens (including phenoxy) is 4. The number of nitrogens with one attached hydrogen (secondary N) is 2. The van der Waals surface area contributed by atoms with Crippen LogP contribution < -0.4 is 24.8 Å². The van der Waals surface area contributed by atoms with E-state index < -0.39 is 17.9 Å². The third kappa shape index (κ3) is 8.45. The van der Waals surface area contributed by atoms with Crippen LogP contribution in [-0.2, 0) is 11.3 Å². The van der Waals surface area contributed by atoms with E-state index in [2.05, 4.69) is 30.7 Å². The number of alkyl halides is 2. The molecule has 1 atom stereocenters. The maximum absolute atomic E-state index is 13.8. The van der Waals surface area contributed by atoms with Crippen LogP contribution in [0, 0.1) is 0 Å². The van der Waals surface area contributed by atoms with Gasteiger partial charge in [-0.25, -0.2) is 28.5 Å². The summed E-state index contributed by atoms with van der Waals surface area (Å²) in [5.41, 5.74) is 1.75. The molecule has 49 heavy (non-hydrogen) atoms. The van der Waals surface area contributed by atoms with Gasteiger partial charge in [0.05, 0.1) is 32.6 Å². The van der Waals surface area contributed by atoms with Crippen LogP contribution in [0.2, 0.25) is 0 Å². The summed E-state index contributed by atoms with van der Waals surface area (Å²) in [5, 5.41) is 10.7. The molecule has 1 saturated carbocycles. The lowest BCUT2D eigenvalue weighted by molar-refractivity contribution is 0.0288. The Morgan fingerprint density at radius 1 is 1.00 bits per heavy atom. The molecule has 13 nitrogen and oxygen atoms in total. The number of anilines is 3. The van der Waals surface area contributed by atoms with E-state index in [-0.39, 0.29) is 36.4 Å². The zero-order valence-corrected chi connectivity index (χ0v) is 28.1. The Hall–Kier alpha value is -5.21. The number of hydrogen-bond acceptors (Lipinski definition) is 11. The average Bonchev–Trinajstić information content (AvgIpc) is 3.51. The molecule has 1 aliphatic carbocycles. The van der Waals surface area contributed by atoms with Gasteiger partial charge in [-0.15, -0.1) is 0 Å². The molecular weight excluding hydrogens is 638 g/mol. The molecule has 0 radical (unpaired) electrons. The number of carbonyl (C=O) groups excluding carboxylic acids is 1. The first-order valence-corrected chi connectivity index (χ1v) is 16.1. The normalized spacial score (nSPS) is 16.1. The van der Waals surface area contributed by atoms with Crippen molar-refractivity contribution in [3.05, 3.63) is 60.3 Å². The van der Waals surface area contributed by atoms with Crippen LogP contribution in [0.5, 0.6) is 17.2 Å². The lowest BCUT2D eigenvalue weighted by Gasteiger charge is -2.24. The fraction of sp³-hybridized carbons (Fsp3) is 0.441. The number of carbonyl (C=O) groups is 1. The van der Waals surface area contributed by atoms with Gasteiger partial charge in [-0.05, 0) is 52.2 Å². The van der Waals surface area contributed by atoms with Gasteiger partial charge in [0, 0.05) is 66.9 Å². The molecule has 2 N–H and O–H groups in total. The molecule has 2 aliphatic rings. The van der Waals surface area contributed by atoms with E-state index in [0.29, 0.717) is 36.2 Å². The number of hydrogen-bond donors (Lipinski definition) is 2. The highest BCUT2D eigenvalue weighted by Gasteiger charge is 2.32. The summed E-state index contributed by atoms with van der Waals surface area (Å²) < 4.78 is 52.0. The molecule has 1 saturated heterocycles. The summed E-state index contributed by atoms with van der Waals surface area (Å²) in [6.45, 7) is 6.87. The van der Waals surface area contributed by atoms with Gasteiger partial charge in [0.1, 0.15) is 40.3 Å². The van der Waals surface area contributed by atoms with Crippen LogP contribution in [0.25, 0.3) is 11.1 Å². The zero-order valence-electron chi connectivity index (χ0n) is 28.1. The third-order valence-corrected chi connectivity index (χ3v) is 7.93. The van der Waals surface area contributed by atoms with E-state index in [1.165, 1.54) is 6.07 Å². The van der Waals surface area contributed by atoms with Gasteiger partial charge in [0.15, 0.2) is 5.82 Å². The molecule has 0 unspecified atom stereocenters. The molecule has 2 fully saturated rings. The summed E-state index contributed by atoms with van der Waals surface area (Å²) in [6, 6.07) is 8.61. The monoisotopic (exact) mass is 678 g/mol. The summed E-state index contributed by atoms with van der Waals surface area (Å²) in [4.78, 5) is 26.9. The molecule has 4 heterocycles. The predicted octanol–water partition coefficient (Wildman–Crippen LogP) is 6.77. The number of rotatable bonds is 12. The van der Waals surface area contributed by atoms with Crippen molar-refractivity contribution in [1.29, 1.82) is 0 Å². The molecule has 0 spiro atoms. The Labute approximate surface area is 283 Å². The van der Waals surface area contributed by atoms with Crippen molar-refractivity contribution in [2.75, 3.05) is 37.9 Å². The number of benzene rings is 1. The summed E-state index contributed by atoms with van der Waals surface area (Å²) >= 11 is 0. The quantitative estimate of drug-likeness (QED) is 0.164. The van der Waals surface area contributed by atoms with Crippen molar-refractivity contribution in [1.82, 2.24) is 29.6 Å². The van der Waals surface area contributed by atoms with E-state index in [1.54, 1.807) is 49.7 Å². The zero-order chi connectivity index (χ0) is 34.7. The second-order valence-corrected chi connectivity index (χ2v) is 12.9. The first-order valence-electron chi connectivity index (χ1n) is 16.1. The number of amides is 1. The third-order valence-electron chi connectivity index (χ3n) is 7.93. The number of aromatic nitrogens is 5.